The molecule has 0 fully saturated rings. The summed E-state index contributed by atoms with van der Waals surface area (Å²) in [6, 6.07) is 6.10. The standard InChI is InChI=1S/C12H14N2/c1-7-5-4-6-10-11(13)8(2)9(3)14-12(7)10/h4-6H,1-3H3,(H2,13,14). The fourth-order valence-corrected chi connectivity index (χ4v) is 1.67. The third-order valence-corrected chi connectivity index (χ3v) is 2.75. The number of nitrogens with two attached hydrogens (primary N) is 1. The molecule has 0 unspecified atom stereocenters. The van der Waals surface area contributed by atoms with E-state index in [-0.39, 0.29) is 0 Å². The molecule has 0 aliphatic carbocycles. The van der Waals surface area contributed by atoms with Gasteiger partial charge in [0.05, 0.1) is 5.52 Å². The molecule has 0 spiro atoms. The maximum absolute atomic E-state index is 6.05. The fraction of sp³-hybridized carbons (Fsp3) is 0.250. The van der Waals surface area contributed by atoms with Crippen molar-refractivity contribution in [3.63, 3.8) is 0 Å². The lowest BCUT2D eigenvalue weighted by Gasteiger charge is -2.09. The Morgan fingerprint density at radius 3 is 2.57 bits per heavy atom. The van der Waals surface area contributed by atoms with Crippen molar-refractivity contribution in [2.45, 2.75) is 20.8 Å². The molecule has 0 radical (unpaired) electrons. The highest BCUT2D eigenvalue weighted by Gasteiger charge is 2.06. The van der Waals surface area contributed by atoms with Crippen LogP contribution in [0.3, 0.4) is 0 Å². The van der Waals surface area contributed by atoms with Crippen molar-refractivity contribution in [2.24, 2.45) is 0 Å². The number of nitrogens with zero attached hydrogens (tertiary/aromatic N) is 1. The van der Waals surface area contributed by atoms with E-state index in [1.807, 2.05) is 26.0 Å². The summed E-state index contributed by atoms with van der Waals surface area (Å²) < 4.78 is 0. The number of aryl methyl sites for hydroxylation is 2. The van der Waals surface area contributed by atoms with Gasteiger partial charge >= 0.3 is 0 Å². The first-order valence-corrected chi connectivity index (χ1v) is 4.73. The highest BCUT2D eigenvalue weighted by Crippen LogP contribution is 2.26. The van der Waals surface area contributed by atoms with Crippen LogP contribution in [0.2, 0.25) is 0 Å². The smallest absolute Gasteiger partial charge is 0.0755 e. The van der Waals surface area contributed by atoms with Gasteiger partial charge in [0, 0.05) is 16.8 Å². The number of hydrogen-bond donors (Lipinski definition) is 1. The Morgan fingerprint density at radius 1 is 1.14 bits per heavy atom. The molecule has 0 amide bonds. The summed E-state index contributed by atoms with van der Waals surface area (Å²) in [4.78, 5) is 4.56. The average Bonchev–Trinajstić information content (AvgIpc) is 2.17. The second-order valence-corrected chi connectivity index (χ2v) is 3.71. The second-order valence-electron chi connectivity index (χ2n) is 3.71. The molecule has 72 valence electrons. The van der Waals surface area contributed by atoms with Crippen LogP contribution in [0.4, 0.5) is 5.69 Å². The van der Waals surface area contributed by atoms with E-state index in [0.29, 0.717) is 0 Å². The molecule has 0 saturated heterocycles. The van der Waals surface area contributed by atoms with E-state index in [0.717, 1.165) is 27.8 Å². The zero-order valence-corrected chi connectivity index (χ0v) is 8.76. The van der Waals surface area contributed by atoms with E-state index in [9.17, 15) is 0 Å². The number of anilines is 1. The molecule has 2 rings (SSSR count). The molecule has 1 aromatic carbocycles. The predicted octanol–water partition coefficient (Wildman–Crippen LogP) is 2.74. The fourth-order valence-electron chi connectivity index (χ4n) is 1.67. The molecular weight excluding hydrogens is 172 g/mol. The van der Waals surface area contributed by atoms with Gasteiger partial charge in [0.25, 0.3) is 0 Å². The molecule has 0 aliphatic heterocycles. The first-order valence-electron chi connectivity index (χ1n) is 4.73. The van der Waals surface area contributed by atoms with Gasteiger partial charge in [-0.15, -0.1) is 0 Å². The van der Waals surface area contributed by atoms with Crippen LogP contribution in [0.5, 0.6) is 0 Å². The van der Waals surface area contributed by atoms with E-state index in [1.54, 1.807) is 0 Å². The molecule has 1 aromatic heterocycles. The van der Waals surface area contributed by atoms with Gasteiger partial charge < -0.3 is 5.73 Å². The quantitative estimate of drug-likeness (QED) is 0.687. The Bertz CT molecular complexity index is 501. The number of rotatable bonds is 0. The van der Waals surface area contributed by atoms with Gasteiger partial charge in [-0.05, 0) is 31.9 Å². The van der Waals surface area contributed by atoms with E-state index < -0.39 is 0 Å². The van der Waals surface area contributed by atoms with Crippen molar-refractivity contribution in [2.75, 3.05) is 5.73 Å². The molecule has 2 heteroatoms. The predicted molar refractivity (Wildman–Crippen MR) is 60.4 cm³/mol. The van der Waals surface area contributed by atoms with Gasteiger partial charge in [0.1, 0.15) is 0 Å². The van der Waals surface area contributed by atoms with Gasteiger partial charge in [-0.1, -0.05) is 18.2 Å². The largest absolute Gasteiger partial charge is 0.398 e. The molecule has 2 aromatic rings. The number of nitrogen functional groups attached to an aromatic ring is 1. The van der Waals surface area contributed by atoms with Gasteiger partial charge in [-0.2, -0.15) is 0 Å². The Labute approximate surface area is 83.8 Å². The molecule has 1 heterocycles. The maximum Gasteiger partial charge on any atom is 0.0755 e. The number of fused-ring (bicyclic) bond motifs is 1. The van der Waals surface area contributed by atoms with Crippen LogP contribution in [0.15, 0.2) is 18.2 Å². The SMILES string of the molecule is Cc1nc2c(C)cccc2c(N)c1C. The van der Waals surface area contributed by atoms with E-state index >= 15 is 0 Å². The van der Waals surface area contributed by atoms with Crippen molar-refractivity contribution < 1.29 is 0 Å². The molecule has 2 N–H and O–H groups in total. The number of benzene rings is 1. The summed E-state index contributed by atoms with van der Waals surface area (Å²) >= 11 is 0. The van der Waals surface area contributed by atoms with E-state index in [2.05, 4.69) is 18.0 Å². The molecular formula is C12H14N2. The minimum Gasteiger partial charge on any atom is -0.398 e. The molecule has 0 bridgehead atoms. The van der Waals surface area contributed by atoms with Gasteiger partial charge in [0.2, 0.25) is 0 Å². The maximum atomic E-state index is 6.05. The number of pyridine rings is 1. The number of hydrogen-bond acceptors (Lipinski definition) is 2. The summed E-state index contributed by atoms with van der Waals surface area (Å²) in [5, 5.41) is 1.06. The van der Waals surface area contributed by atoms with Crippen LogP contribution >= 0.6 is 0 Å². The molecule has 0 atom stereocenters. The second kappa shape index (κ2) is 2.98. The highest BCUT2D eigenvalue weighted by molar-refractivity contribution is 5.93. The van der Waals surface area contributed by atoms with Crippen molar-refractivity contribution in [3.8, 4) is 0 Å². The van der Waals surface area contributed by atoms with Crippen LogP contribution in [0.25, 0.3) is 10.9 Å². The summed E-state index contributed by atoms with van der Waals surface area (Å²) in [5.41, 5.74) is 11.2. The van der Waals surface area contributed by atoms with Crippen molar-refractivity contribution >= 4 is 16.6 Å². The molecule has 14 heavy (non-hydrogen) atoms. The van der Waals surface area contributed by atoms with Crippen molar-refractivity contribution in [3.05, 3.63) is 35.0 Å². The first-order chi connectivity index (χ1) is 6.61. The van der Waals surface area contributed by atoms with Crippen molar-refractivity contribution in [1.82, 2.24) is 4.98 Å². The normalized spacial score (nSPS) is 10.8. The molecule has 0 saturated carbocycles. The van der Waals surface area contributed by atoms with Crippen LogP contribution < -0.4 is 5.73 Å². The summed E-state index contributed by atoms with van der Waals surface area (Å²) in [5.74, 6) is 0. The Hall–Kier alpha value is -1.57. The summed E-state index contributed by atoms with van der Waals surface area (Å²) in [6.45, 7) is 6.07. The number of para-hydroxylation sites is 1. The van der Waals surface area contributed by atoms with Crippen LogP contribution in [0.1, 0.15) is 16.8 Å². The molecule has 0 aliphatic rings. The van der Waals surface area contributed by atoms with Gasteiger partial charge in [-0.25, -0.2) is 0 Å². The Balaban J connectivity index is 2.98. The van der Waals surface area contributed by atoms with Crippen LogP contribution in [-0.2, 0) is 0 Å². The van der Waals surface area contributed by atoms with E-state index in [4.69, 9.17) is 5.73 Å². The zero-order chi connectivity index (χ0) is 10.3. The van der Waals surface area contributed by atoms with Crippen LogP contribution in [0, 0.1) is 20.8 Å². The third kappa shape index (κ3) is 1.15. The number of aromatic nitrogens is 1. The van der Waals surface area contributed by atoms with Gasteiger partial charge in [-0.3, -0.25) is 4.98 Å². The monoisotopic (exact) mass is 186 g/mol. The zero-order valence-electron chi connectivity index (χ0n) is 8.76. The van der Waals surface area contributed by atoms with Crippen molar-refractivity contribution in [1.29, 1.82) is 0 Å². The first kappa shape index (κ1) is 9.00. The van der Waals surface area contributed by atoms with E-state index in [1.165, 1.54) is 5.56 Å². The van der Waals surface area contributed by atoms with Gasteiger partial charge in [0.15, 0.2) is 0 Å². The summed E-state index contributed by atoms with van der Waals surface area (Å²) in [7, 11) is 0. The average molecular weight is 186 g/mol. The Kier molecular flexibility index (Phi) is 1.92. The molecule has 2 nitrogen and oxygen atoms in total. The lowest BCUT2D eigenvalue weighted by molar-refractivity contribution is 1.19. The minimum absolute atomic E-state index is 0.858. The highest BCUT2D eigenvalue weighted by atomic mass is 14.7. The third-order valence-electron chi connectivity index (χ3n) is 2.75. The Morgan fingerprint density at radius 2 is 1.86 bits per heavy atom. The lowest BCUT2D eigenvalue weighted by atomic mass is 10.1. The topological polar surface area (TPSA) is 38.9 Å². The minimum atomic E-state index is 0.858. The lowest BCUT2D eigenvalue weighted by Crippen LogP contribution is -1.98. The van der Waals surface area contributed by atoms with Crippen LogP contribution in [-0.4, -0.2) is 4.98 Å². The summed E-state index contributed by atoms with van der Waals surface area (Å²) in [6.07, 6.45) is 0.